The largest absolute Gasteiger partial charge is 0.507 e. The third kappa shape index (κ3) is 4.16. The number of nitrogens with one attached hydrogen (secondary N) is 1. The SMILES string of the molecule is Cc1cc(N2C[C@H](C)n3ncc(/C(O)=C/C(=N)c4cncc(F)c4)c3C2=O)ccc1C(F)(F)F. The van der Waals surface area contributed by atoms with Gasteiger partial charge in [0.2, 0.25) is 0 Å². The Kier molecular flexibility index (Phi) is 5.72. The summed E-state index contributed by atoms with van der Waals surface area (Å²) in [5.41, 5.74) is -0.586. The van der Waals surface area contributed by atoms with Crippen molar-refractivity contribution in [1.29, 1.82) is 5.41 Å². The summed E-state index contributed by atoms with van der Waals surface area (Å²) < 4.78 is 54.2. The number of aliphatic hydroxyl groups excluding tert-OH is 1. The standard InChI is InChI=1S/C23H19F4N5O2/c1-12-5-16(3-4-18(12)23(25,26)27)31-11-13(2)32-21(22(31)34)17(10-30-32)20(33)7-19(28)14-6-15(24)9-29-8-14/h3-10,13,28,33H,11H2,1-2H3/b20-7-,28-19?/t13-/m0/s1. The van der Waals surface area contributed by atoms with Gasteiger partial charge in [-0.15, -0.1) is 0 Å². The predicted octanol–water partition coefficient (Wildman–Crippen LogP) is 4.93. The number of amides is 1. The molecular formula is C23H19F4N5O2. The molecule has 0 radical (unpaired) electrons. The summed E-state index contributed by atoms with van der Waals surface area (Å²) in [6, 6.07) is 4.19. The molecule has 1 atom stereocenters. The second-order valence-electron chi connectivity index (χ2n) is 7.95. The number of hydrogen-bond donors (Lipinski definition) is 2. The van der Waals surface area contributed by atoms with Gasteiger partial charge in [-0.2, -0.15) is 18.3 Å². The molecule has 1 amide bonds. The summed E-state index contributed by atoms with van der Waals surface area (Å²) in [5, 5.41) is 22.9. The van der Waals surface area contributed by atoms with Gasteiger partial charge in [-0.05, 0) is 43.7 Å². The van der Waals surface area contributed by atoms with E-state index in [4.69, 9.17) is 5.41 Å². The molecule has 0 saturated carbocycles. The van der Waals surface area contributed by atoms with Crippen molar-refractivity contribution in [3.8, 4) is 0 Å². The smallest absolute Gasteiger partial charge is 0.416 e. The van der Waals surface area contributed by atoms with Crippen molar-refractivity contribution in [2.45, 2.75) is 26.1 Å². The number of anilines is 1. The van der Waals surface area contributed by atoms with Gasteiger partial charge in [0.25, 0.3) is 5.91 Å². The van der Waals surface area contributed by atoms with E-state index in [1.54, 1.807) is 6.92 Å². The van der Waals surface area contributed by atoms with Crippen molar-refractivity contribution in [1.82, 2.24) is 14.8 Å². The van der Waals surface area contributed by atoms with Crippen LogP contribution in [0.5, 0.6) is 0 Å². The summed E-state index contributed by atoms with van der Waals surface area (Å²) in [7, 11) is 0. The minimum absolute atomic E-state index is 0.0234. The maximum absolute atomic E-state index is 13.4. The molecule has 11 heteroatoms. The summed E-state index contributed by atoms with van der Waals surface area (Å²) in [6.07, 6.45) is 0.0458. The molecule has 1 aliphatic rings. The molecule has 1 aliphatic heterocycles. The van der Waals surface area contributed by atoms with E-state index in [1.807, 2.05) is 0 Å². The van der Waals surface area contributed by atoms with Gasteiger partial charge in [0.15, 0.2) is 0 Å². The van der Waals surface area contributed by atoms with Crippen LogP contribution in [0.1, 0.15) is 45.7 Å². The number of nitrogens with zero attached hydrogens (tertiary/aromatic N) is 4. The van der Waals surface area contributed by atoms with Gasteiger partial charge in [-0.25, -0.2) is 4.39 Å². The van der Waals surface area contributed by atoms with Crippen LogP contribution < -0.4 is 4.90 Å². The first-order chi connectivity index (χ1) is 16.0. The molecule has 0 bridgehead atoms. The third-order valence-corrected chi connectivity index (χ3v) is 5.51. The Morgan fingerprint density at radius 3 is 2.62 bits per heavy atom. The van der Waals surface area contributed by atoms with Crippen molar-refractivity contribution < 1.29 is 27.5 Å². The maximum Gasteiger partial charge on any atom is 0.416 e. The number of alkyl halides is 3. The Morgan fingerprint density at radius 1 is 1.24 bits per heavy atom. The molecule has 1 aromatic carbocycles. The highest BCUT2D eigenvalue weighted by atomic mass is 19.4. The number of pyridine rings is 1. The normalized spacial score (nSPS) is 16.5. The van der Waals surface area contributed by atoms with E-state index in [0.29, 0.717) is 0 Å². The van der Waals surface area contributed by atoms with Crippen LogP contribution in [0.3, 0.4) is 0 Å². The lowest BCUT2D eigenvalue weighted by atomic mass is 10.0. The number of carbonyl (C=O) groups excluding carboxylic acids is 1. The zero-order chi connectivity index (χ0) is 24.8. The fraction of sp³-hybridized carbons (Fsp3) is 0.217. The molecular weight excluding hydrogens is 454 g/mol. The van der Waals surface area contributed by atoms with E-state index in [1.165, 1.54) is 41.0 Å². The van der Waals surface area contributed by atoms with E-state index < -0.39 is 29.2 Å². The number of aliphatic hydroxyl groups is 1. The molecule has 4 rings (SSSR count). The van der Waals surface area contributed by atoms with Gasteiger partial charge in [0, 0.05) is 30.1 Å². The van der Waals surface area contributed by atoms with Crippen LogP contribution in [0.25, 0.3) is 5.76 Å². The lowest BCUT2D eigenvalue weighted by Crippen LogP contribution is -2.43. The highest BCUT2D eigenvalue weighted by molar-refractivity contribution is 6.12. The summed E-state index contributed by atoms with van der Waals surface area (Å²) in [5.74, 6) is -1.66. The number of allylic oxidation sites excluding steroid dienone is 1. The lowest BCUT2D eigenvalue weighted by molar-refractivity contribution is -0.138. The third-order valence-electron chi connectivity index (χ3n) is 5.51. The number of benzene rings is 1. The van der Waals surface area contributed by atoms with Crippen LogP contribution in [0.4, 0.5) is 23.2 Å². The molecule has 0 saturated heterocycles. The number of aryl methyl sites for hydroxylation is 1. The first kappa shape index (κ1) is 23.1. The summed E-state index contributed by atoms with van der Waals surface area (Å²) in [4.78, 5) is 18.3. The summed E-state index contributed by atoms with van der Waals surface area (Å²) >= 11 is 0. The quantitative estimate of drug-likeness (QED) is 0.319. The molecule has 7 nitrogen and oxygen atoms in total. The van der Waals surface area contributed by atoms with Gasteiger partial charge >= 0.3 is 6.18 Å². The fourth-order valence-electron chi connectivity index (χ4n) is 3.86. The molecule has 0 aliphatic carbocycles. The molecule has 2 N–H and O–H groups in total. The van der Waals surface area contributed by atoms with Crippen LogP contribution in [0.15, 0.2) is 48.9 Å². The minimum atomic E-state index is -4.51. The Balaban J connectivity index is 1.70. The Morgan fingerprint density at radius 2 is 1.97 bits per heavy atom. The average Bonchev–Trinajstić information content (AvgIpc) is 3.21. The second-order valence-corrected chi connectivity index (χ2v) is 7.95. The first-order valence-corrected chi connectivity index (χ1v) is 10.1. The molecule has 0 unspecified atom stereocenters. The molecule has 34 heavy (non-hydrogen) atoms. The predicted molar refractivity (Wildman–Crippen MR) is 116 cm³/mol. The Labute approximate surface area is 191 Å². The fourth-order valence-corrected chi connectivity index (χ4v) is 3.86. The number of halogens is 4. The topological polar surface area (TPSA) is 95.1 Å². The first-order valence-electron chi connectivity index (χ1n) is 10.1. The molecule has 0 spiro atoms. The van der Waals surface area contributed by atoms with Gasteiger partial charge in [-0.3, -0.25) is 14.5 Å². The van der Waals surface area contributed by atoms with Crippen molar-refractivity contribution in [3.05, 3.63) is 82.7 Å². The monoisotopic (exact) mass is 473 g/mol. The van der Waals surface area contributed by atoms with Crippen molar-refractivity contribution in [2.75, 3.05) is 11.4 Å². The zero-order valence-electron chi connectivity index (χ0n) is 18.1. The van der Waals surface area contributed by atoms with Crippen molar-refractivity contribution >= 4 is 23.1 Å². The van der Waals surface area contributed by atoms with Crippen LogP contribution in [-0.2, 0) is 6.18 Å². The average molecular weight is 473 g/mol. The van der Waals surface area contributed by atoms with Crippen LogP contribution in [0.2, 0.25) is 0 Å². The van der Waals surface area contributed by atoms with Gasteiger partial charge < -0.3 is 15.4 Å². The number of fused-ring (bicyclic) bond motifs is 1. The zero-order valence-corrected chi connectivity index (χ0v) is 18.1. The highest BCUT2D eigenvalue weighted by Crippen LogP contribution is 2.35. The van der Waals surface area contributed by atoms with Gasteiger partial charge in [0.05, 0.1) is 35.3 Å². The van der Waals surface area contributed by atoms with Gasteiger partial charge in [-0.1, -0.05) is 0 Å². The molecule has 3 aromatic rings. The van der Waals surface area contributed by atoms with E-state index in [9.17, 15) is 27.5 Å². The molecule has 176 valence electrons. The number of aromatic nitrogens is 3. The van der Waals surface area contributed by atoms with Crippen LogP contribution >= 0.6 is 0 Å². The van der Waals surface area contributed by atoms with Crippen molar-refractivity contribution in [3.63, 3.8) is 0 Å². The maximum atomic E-state index is 13.4. The van der Waals surface area contributed by atoms with E-state index in [0.717, 1.165) is 24.4 Å². The Hall–Kier alpha value is -4.02. The molecule has 0 fully saturated rings. The van der Waals surface area contributed by atoms with Gasteiger partial charge in [0.1, 0.15) is 17.3 Å². The lowest BCUT2D eigenvalue weighted by Gasteiger charge is -2.32. The van der Waals surface area contributed by atoms with E-state index in [2.05, 4.69) is 10.1 Å². The summed E-state index contributed by atoms with van der Waals surface area (Å²) in [6.45, 7) is 3.26. The minimum Gasteiger partial charge on any atom is -0.507 e. The van der Waals surface area contributed by atoms with Crippen LogP contribution in [-0.4, -0.2) is 38.0 Å². The molecule has 2 aromatic heterocycles. The van der Waals surface area contributed by atoms with E-state index >= 15 is 0 Å². The second kappa shape index (κ2) is 8.40. The number of carbonyl (C=O) groups is 1. The van der Waals surface area contributed by atoms with E-state index in [-0.39, 0.29) is 46.4 Å². The molecule has 3 heterocycles. The van der Waals surface area contributed by atoms with Crippen molar-refractivity contribution in [2.24, 2.45) is 0 Å². The van der Waals surface area contributed by atoms with Crippen LogP contribution in [0, 0.1) is 18.2 Å². The Bertz CT molecular complexity index is 1330. The highest BCUT2D eigenvalue weighted by Gasteiger charge is 2.36. The number of hydrogen-bond acceptors (Lipinski definition) is 5. The number of rotatable bonds is 4.